The van der Waals surface area contributed by atoms with Gasteiger partial charge in [0.25, 0.3) is 0 Å². The fourth-order valence-electron chi connectivity index (χ4n) is 2.55. The minimum atomic E-state index is -0.792. The molecule has 0 saturated carbocycles. The summed E-state index contributed by atoms with van der Waals surface area (Å²) in [4.78, 5) is 14.0. The highest BCUT2D eigenvalue weighted by Gasteiger charge is 2.48. The second kappa shape index (κ2) is 6.41. The molecule has 1 amide bonds. The van der Waals surface area contributed by atoms with Crippen LogP contribution in [0.3, 0.4) is 0 Å². The standard InChI is InChI=1S/C17H25NO2S/c1-16(2)12-18(13-17(16,3)20)15(19)9-10-21-11-14-7-5-4-6-8-14/h4-8,20H,9-13H2,1-3H3/t17-/m1/s1. The summed E-state index contributed by atoms with van der Waals surface area (Å²) >= 11 is 1.78. The van der Waals surface area contributed by atoms with Crippen LogP contribution in [-0.2, 0) is 10.5 Å². The first-order valence-electron chi connectivity index (χ1n) is 7.44. The number of β-amino-alcohol motifs (C(OH)–C–C–N with tert-alkyl or cyclic N) is 1. The van der Waals surface area contributed by atoms with Gasteiger partial charge >= 0.3 is 0 Å². The van der Waals surface area contributed by atoms with Crippen LogP contribution in [0.1, 0.15) is 32.8 Å². The van der Waals surface area contributed by atoms with Gasteiger partial charge in [0.05, 0.1) is 5.60 Å². The Kier molecular flexibility index (Phi) is 4.99. The molecule has 1 atom stereocenters. The third kappa shape index (κ3) is 4.01. The molecule has 4 heteroatoms. The second-order valence-corrected chi connectivity index (χ2v) is 7.80. The molecule has 1 aromatic carbocycles. The van der Waals surface area contributed by atoms with Crippen molar-refractivity contribution >= 4 is 17.7 Å². The van der Waals surface area contributed by atoms with Gasteiger partial charge in [0, 0.05) is 36.4 Å². The lowest BCUT2D eigenvalue weighted by atomic mass is 9.79. The molecule has 0 aromatic heterocycles. The Morgan fingerprint density at radius 2 is 1.90 bits per heavy atom. The lowest BCUT2D eigenvalue weighted by molar-refractivity contribution is -0.130. The molecule has 1 aromatic rings. The molecule has 0 unspecified atom stereocenters. The molecular formula is C17H25NO2S. The summed E-state index contributed by atoms with van der Waals surface area (Å²) in [7, 11) is 0. The summed E-state index contributed by atoms with van der Waals surface area (Å²) in [6, 6.07) is 10.3. The smallest absolute Gasteiger partial charge is 0.223 e. The van der Waals surface area contributed by atoms with E-state index in [9.17, 15) is 9.90 Å². The Labute approximate surface area is 131 Å². The third-order valence-corrected chi connectivity index (χ3v) is 5.50. The van der Waals surface area contributed by atoms with E-state index in [0.29, 0.717) is 19.5 Å². The lowest BCUT2D eigenvalue weighted by Gasteiger charge is -2.30. The molecule has 21 heavy (non-hydrogen) atoms. The Bertz CT molecular complexity index is 469. The van der Waals surface area contributed by atoms with E-state index in [4.69, 9.17) is 0 Å². The third-order valence-electron chi connectivity index (χ3n) is 4.47. The lowest BCUT2D eigenvalue weighted by Crippen LogP contribution is -2.40. The van der Waals surface area contributed by atoms with Crippen molar-refractivity contribution in [3.63, 3.8) is 0 Å². The minimum Gasteiger partial charge on any atom is -0.388 e. The van der Waals surface area contributed by atoms with Crippen LogP contribution in [0, 0.1) is 5.41 Å². The van der Waals surface area contributed by atoms with E-state index in [0.717, 1.165) is 11.5 Å². The van der Waals surface area contributed by atoms with Gasteiger partial charge in [-0.25, -0.2) is 0 Å². The van der Waals surface area contributed by atoms with Crippen LogP contribution in [0.4, 0.5) is 0 Å². The maximum Gasteiger partial charge on any atom is 0.223 e. The van der Waals surface area contributed by atoms with Crippen molar-refractivity contribution < 1.29 is 9.90 Å². The summed E-state index contributed by atoms with van der Waals surface area (Å²) in [5.74, 6) is 1.92. The average molecular weight is 307 g/mol. The summed E-state index contributed by atoms with van der Waals surface area (Å²) in [6.45, 7) is 6.95. The molecule has 3 nitrogen and oxygen atoms in total. The number of thioether (sulfide) groups is 1. The molecule has 1 aliphatic heterocycles. The molecule has 0 spiro atoms. The number of benzene rings is 1. The molecule has 1 N–H and O–H groups in total. The van der Waals surface area contributed by atoms with Crippen molar-refractivity contribution in [2.24, 2.45) is 5.41 Å². The van der Waals surface area contributed by atoms with Crippen molar-refractivity contribution in [3.05, 3.63) is 35.9 Å². The zero-order valence-electron chi connectivity index (χ0n) is 13.1. The van der Waals surface area contributed by atoms with E-state index in [1.807, 2.05) is 43.9 Å². The number of nitrogens with zero attached hydrogens (tertiary/aromatic N) is 1. The fourth-order valence-corrected chi connectivity index (χ4v) is 3.44. The first-order valence-corrected chi connectivity index (χ1v) is 8.59. The Morgan fingerprint density at radius 3 is 2.48 bits per heavy atom. The topological polar surface area (TPSA) is 40.5 Å². The van der Waals surface area contributed by atoms with Crippen LogP contribution in [0.5, 0.6) is 0 Å². The van der Waals surface area contributed by atoms with Crippen molar-refractivity contribution in [1.82, 2.24) is 4.90 Å². The summed E-state index contributed by atoms with van der Waals surface area (Å²) in [6.07, 6.45) is 0.545. The number of hydrogen-bond acceptors (Lipinski definition) is 3. The molecule has 116 valence electrons. The Hall–Kier alpha value is -1.00. The first kappa shape index (κ1) is 16.4. The largest absolute Gasteiger partial charge is 0.388 e. The van der Waals surface area contributed by atoms with Crippen LogP contribution >= 0.6 is 11.8 Å². The van der Waals surface area contributed by atoms with Crippen LogP contribution in [0.2, 0.25) is 0 Å². The van der Waals surface area contributed by atoms with E-state index in [-0.39, 0.29) is 11.3 Å². The molecule has 2 rings (SSSR count). The Morgan fingerprint density at radius 1 is 1.24 bits per heavy atom. The highest BCUT2D eigenvalue weighted by molar-refractivity contribution is 7.98. The fraction of sp³-hybridized carbons (Fsp3) is 0.588. The summed E-state index contributed by atoms with van der Waals surface area (Å²) in [5, 5.41) is 10.4. The SMILES string of the molecule is CC1(C)CN(C(=O)CCSCc2ccccc2)C[C@@]1(C)O. The van der Waals surface area contributed by atoms with Gasteiger partial charge in [-0.2, -0.15) is 11.8 Å². The van der Waals surface area contributed by atoms with Gasteiger partial charge < -0.3 is 10.0 Å². The maximum absolute atomic E-state index is 12.2. The van der Waals surface area contributed by atoms with Gasteiger partial charge in [-0.05, 0) is 12.5 Å². The van der Waals surface area contributed by atoms with E-state index in [1.54, 1.807) is 11.8 Å². The predicted molar refractivity (Wildman–Crippen MR) is 88.2 cm³/mol. The van der Waals surface area contributed by atoms with Gasteiger partial charge in [-0.15, -0.1) is 0 Å². The molecule has 0 bridgehead atoms. The molecular weight excluding hydrogens is 282 g/mol. The summed E-state index contributed by atoms with van der Waals surface area (Å²) < 4.78 is 0. The van der Waals surface area contributed by atoms with Crippen molar-refractivity contribution in [2.45, 2.75) is 38.5 Å². The number of carbonyl (C=O) groups is 1. The zero-order chi connectivity index (χ0) is 15.5. The normalized spacial score (nSPS) is 24.3. The number of carbonyl (C=O) groups excluding carboxylic acids is 1. The number of hydrogen-bond donors (Lipinski definition) is 1. The molecule has 1 aliphatic rings. The van der Waals surface area contributed by atoms with Crippen LogP contribution in [-0.4, -0.2) is 40.4 Å². The predicted octanol–water partition coefficient (Wildman–Crippen LogP) is 2.93. The summed E-state index contributed by atoms with van der Waals surface area (Å²) in [5.41, 5.74) is 0.264. The zero-order valence-corrected chi connectivity index (χ0v) is 13.9. The van der Waals surface area contributed by atoms with E-state index in [1.165, 1.54) is 5.56 Å². The number of likely N-dealkylation sites (tertiary alicyclic amines) is 1. The number of aliphatic hydroxyl groups is 1. The van der Waals surface area contributed by atoms with Gasteiger partial charge in [-0.3, -0.25) is 4.79 Å². The van der Waals surface area contributed by atoms with E-state index in [2.05, 4.69) is 12.1 Å². The highest BCUT2D eigenvalue weighted by atomic mass is 32.2. The number of rotatable bonds is 5. The van der Waals surface area contributed by atoms with Gasteiger partial charge in [0.1, 0.15) is 0 Å². The highest BCUT2D eigenvalue weighted by Crippen LogP contribution is 2.38. The quantitative estimate of drug-likeness (QED) is 0.850. The van der Waals surface area contributed by atoms with Crippen molar-refractivity contribution in [2.75, 3.05) is 18.8 Å². The molecule has 0 radical (unpaired) electrons. The van der Waals surface area contributed by atoms with Crippen LogP contribution in [0.25, 0.3) is 0 Å². The Balaban J connectivity index is 1.74. The maximum atomic E-state index is 12.2. The van der Waals surface area contributed by atoms with Crippen molar-refractivity contribution in [1.29, 1.82) is 0 Å². The molecule has 0 aliphatic carbocycles. The number of amides is 1. The molecule has 1 heterocycles. The molecule has 1 fully saturated rings. The van der Waals surface area contributed by atoms with Gasteiger partial charge in [0.2, 0.25) is 5.91 Å². The monoisotopic (exact) mass is 307 g/mol. The minimum absolute atomic E-state index is 0.154. The van der Waals surface area contributed by atoms with Gasteiger partial charge in [0.15, 0.2) is 0 Å². The second-order valence-electron chi connectivity index (χ2n) is 6.70. The van der Waals surface area contributed by atoms with E-state index >= 15 is 0 Å². The van der Waals surface area contributed by atoms with Crippen LogP contribution < -0.4 is 0 Å². The van der Waals surface area contributed by atoms with E-state index < -0.39 is 5.60 Å². The van der Waals surface area contributed by atoms with Crippen LogP contribution in [0.15, 0.2) is 30.3 Å². The average Bonchev–Trinajstić information content (AvgIpc) is 2.65. The first-order chi connectivity index (χ1) is 9.82. The molecule has 1 saturated heterocycles. The van der Waals surface area contributed by atoms with Crippen molar-refractivity contribution in [3.8, 4) is 0 Å². The van der Waals surface area contributed by atoms with Gasteiger partial charge in [-0.1, -0.05) is 44.2 Å².